The second kappa shape index (κ2) is 21.3. The first-order valence-electron chi connectivity index (χ1n) is 22.8. The van der Waals surface area contributed by atoms with Gasteiger partial charge in [0.05, 0.1) is 48.0 Å². The van der Waals surface area contributed by atoms with E-state index in [1.54, 1.807) is 41.3 Å². The van der Waals surface area contributed by atoms with Gasteiger partial charge in [-0.15, -0.1) is 0 Å². The van der Waals surface area contributed by atoms with Crippen LogP contribution in [0.1, 0.15) is 24.0 Å². The van der Waals surface area contributed by atoms with Crippen LogP contribution in [0.4, 0.5) is 37.7 Å². The third-order valence-corrected chi connectivity index (χ3v) is 11.8. The average Bonchev–Trinajstić information content (AvgIpc) is 4.03. The second-order valence-corrected chi connectivity index (χ2v) is 17.1. The van der Waals surface area contributed by atoms with E-state index in [9.17, 15) is 45.5 Å². The number of carbonyl (C=O) groups excluding carboxylic acids is 4. The highest BCUT2D eigenvalue weighted by Crippen LogP contribution is 2.48. The quantitative estimate of drug-likeness (QED) is 0.117. The van der Waals surface area contributed by atoms with Crippen LogP contribution in [0.2, 0.25) is 0 Å². The molecular weight excluding hydrogens is 991 g/mol. The Morgan fingerprint density at radius 1 is 0.716 bits per heavy atom. The lowest BCUT2D eigenvalue weighted by Crippen LogP contribution is -2.45. The number of halogens is 6. The molecule has 3 aliphatic heterocycles. The van der Waals surface area contributed by atoms with E-state index < -0.39 is 53.6 Å². The Balaban J connectivity index is 0.750. The molecule has 3 aliphatic rings. The van der Waals surface area contributed by atoms with Gasteiger partial charge in [-0.05, 0) is 37.1 Å². The Morgan fingerprint density at radius 3 is 1.95 bits per heavy atom. The Bertz CT molecular complexity index is 3010. The minimum Gasteiger partial charge on any atom is -0.485 e. The summed E-state index contributed by atoms with van der Waals surface area (Å²) in [5.41, 5.74) is -0.217. The fraction of sp³-hybridized carbons (Fsp3) is 0.333. The zero-order valence-electron chi connectivity index (χ0n) is 39.0. The van der Waals surface area contributed by atoms with Gasteiger partial charge in [-0.1, -0.05) is 24.3 Å². The Morgan fingerprint density at radius 2 is 1.31 bits per heavy atom. The van der Waals surface area contributed by atoms with Gasteiger partial charge < -0.3 is 48.9 Å². The minimum atomic E-state index is -4.53. The Labute approximate surface area is 416 Å². The van der Waals surface area contributed by atoms with E-state index in [-0.39, 0.29) is 86.8 Å². The maximum absolute atomic E-state index is 13.5. The predicted molar refractivity (Wildman–Crippen MR) is 245 cm³/mol. The smallest absolute Gasteiger partial charge is 0.417 e. The van der Waals surface area contributed by atoms with E-state index in [0.29, 0.717) is 60.1 Å². The Kier molecular flexibility index (Phi) is 14.5. The number of fused-ring (bicyclic) bond motifs is 2. The largest absolute Gasteiger partial charge is 0.485 e. The molecular formula is C48H44F6N10O10. The number of ether oxygens (including phenoxy) is 6. The number of hydrogen-bond acceptors (Lipinski definition) is 14. The minimum absolute atomic E-state index is 0.0227. The molecule has 26 heteroatoms. The molecule has 0 bridgehead atoms. The summed E-state index contributed by atoms with van der Waals surface area (Å²) < 4.78 is 116. The number of piperidine rings is 1. The number of benzene rings is 2. The number of likely N-dealkylation sites (tertiary alicyclic amines) is 1. The zero-order chi connectivity index (χ0) is 52.1. The monoisotopic (exact) mass is 1030 g/mol. The average molecular weight is 1030 g/mol. The van der Waals surface area contributed by atoms with Crippen LogP contribution >= 0.6 is 0 Å². The molecule has 1 fully saturated rings. The van der Waals surface area contributed by atoms with E-state index in [0.717, 1.165) is 24.3 Å². The van der Waals surface area contributed by atoms with Gasteiger partial charge in [0.15, 0.2) is 23.0 Å². The highest BCUT2D eigenvalue weighted by Gasteiger charge is 2.35. The van der Waals surface area contributed by atoms with Crippen LogP contribution in [-0.2, 0) is 44.6 Å². The molecule has 2 N–H and O–H groups in total. The molecule has 20 nitrogen and oxygen atoms in total. The summed E-state index contributed by atoms with van der Waals surface area (Å²) in [6.07, 6.45) is -3.52. The summed E-state index contributed by atoms with van der Waals surface area (Å²) in [7, 11) is 1.52. The SMILES string of the molecule is CN(CCOc1ccc(C(F)(F)F)cn1)C(=O)Cn1cc(NC(=O)C2COc3cccc(-c4cccc5c4OC[C@@H](C(=O)Nc4cnn(CC(=O)N6CCC[C@H](Oc7ccc(C(F)(F)F)cn7)C6)c4)O5)c3O2)cn1. The van der Waals surface area contributed by atoms with E-state index in [1.807, 2.05) is 0 Å². The summed E-state index contributed by atoms with van der Waals surface area (Å²) >= 11 is 0. The number of nitrogens with zero attached hydrogens (tertiary/aromatic N) is 8. The van der Waals surface area contributed by atoms with Gasteiger partial charge in [-0.2, -0.15) is 36.5 Å². The predicted octanol–water partition coefficient (Wildman–Crippen LogP) is 5.74. The van der Waals surface area contributed by atoms with Crippen LogP contribution in [-0.4, -0.2) is 128 Å². The number of alkyl halides is 6. The third kappa shape index (κ3) is 12.0. The molecule has 0 radical (unpaired) electrons. The Hall–Kier alpha value is -8.58. The van der Waals surface area contributed by atoms with Gasteiger partial charge in [-0.25, -0.2) is 9.97 Å². The number of likely N-dealkylation sites (N-methyl/N-ethyl adjacent to an activating group) is 1. The van der Waals surface area contributed by atoms with Crippen molar-refractivity contribution in [1.29, 1.82) is 0 Å². The number of anilines is 2. The summed E-state index contributed by atoms with van der Waals surface area (Å²) in [5.74, 6) is -0.592. The van der Waals surface area contributed by atoms with Crippen LogP contribution < -0.4 is 39.1 Å². The van der Waals surface area contributed by atoms with E-state index in [1.165, 1.54) is 46.1 Å². The summed E-state index contributed by atoms with van der Waals surface area (Å²) in [4.78, 5) is 63.4. The summed E-state index contributed by atoms with van der Waals surface area (Å²) in [6.45, 7) is 0.0427. The van der Waals surface area contributed by atoms with Crippen molar-refractivity contribution in [3.8, 4) is 45.9 Å². The fourth-order valence-electron chi connectivity index (χ4n) is 7.95. The molecule has 0 aliphatic carbocycles. The molecule has 9 rings (SSSR count). The van der Waals surface area contributed by atoms with Crippen LogP contribution in [0.15, 0.2) is 97.8 Å². The van der Waals surface area contributed by atoms with Gasteiger partial charge >= 0.3 is 12.4 Å². The molecule has 7 heterocycles. The first kappa shape index (κ1) is 50.4. The van der Waals surface area contributed by atoms with Crippen molar-refractivity contribution in [2.24, 2.45) is 0 Å². The number of aromatic nitrogens is 6. The maximum Gasteiger partial charge on any atom is 0.417 e. The van der Waals surface area contributed by atoms with Gasteiger partial charge in [0, 0.05) is 61.6 Å². The summed E-state index contributed by atoms with van der Waals surface area (Å²) in [5, 5.41) is 13.8. The zero-order valence-corrected chi connectivity index (χ0v) is 39.0. The molecule has 2 aromatic carbocycles. The highest BCUT2D eigenvalue weighted by molar-refractivity contribution is 5.96. The van der Waals surface area contributed by atoms with Crippen LogP contribution in [0, 0.1) is 0 Å². The van der Waals surface area contributed by atoms with Crippen LogP contribution in [0.25, 0.3) is 11.1 Å². The van der Waals surface area contributed by atoms with Crippen molar-refractivity contribution in [3.05, 3.63) is 109 Å². The van der Waals surface area contributed by atoms with Crippen molar-refractivity contribution >= 4 is 35.0 Å². The molecule has 0 saturated carbocycles. The van der Waals surface area contributed by atoms with Crippen molar-refractivity contribution < 1.29 is 73.9 Å². The standard InChI is InChI=1S/C48H44F6N10O10/c1-61(15-16-69-39-12-10-28(17-55-39)47(49,50)51)41(65)24-63-21-30(19-57-63)60-46(68)38-26-70-35-8-2-7-34(44(35)74-38)33-6-3-9-36-43(33)71-27-37(73-36)45(67)59-31-20-58-64(22-31)25-42(66)62-14-4-5-32(23-62)72-40-13-11-29(18-56-40)48(52,53)54/h2-3,6-13,17-22,32,37-38H,4-5,14-16,23-27H2,1H3,(H,59,67)(H,60,68)/t32-,37-,38?/m0/s1. The van der Waals surface area contributed by atoms with Crippen LogP contribution in [0.5, 0.6) is 34.8 Å². The highest BCUT2D eigenvalue weighted by atomic mass is 19.4. The first-order chi connectivity index (χ1) is 35.4. The summed E-state index contributed by atoms with van der Waals surface area (Å²) in [6, 6.07) is 14.2. The number of amides is 4. The number of para-hydroxylation sites is 2. The molecule has 3 atom stereocenters. The second-order valence-electron chi connectivity index (χ2n) is 17.1. The molecule has 1 saturated heterocycles. The first-order valence-corrected chi connectivity index (χ1v) is 22.8. The third-order valence-electron chi connectivity index (χ3n) is 11.8. The number of pyridine rings is 2. The normalized spacial score (nSPS) is 17.2. The molecule has 6 aromatic rings. The lowest BCUT2D eigenvalue weighted by Gasteiger charge is -2.32. The van der Waals surface area contributed by atoms with Crippen molar-refractivity contribution in [2.75, 3.05) is 57.1 Å². The number of carbonyl (C=O) groups is 4. The molecule has 4 amide bonds. The lowest BCUT2D eigenvalue weighted by atomic mass is 10.0. The van der Waals surface area contributed by atoms with Gasteiger partial charge in [-0.3, -0.25) is 28.5 Å². The molecule has 1 unspecified atom stereocenters. The molecule has 388 valence electrons. The van der Waals surface area contributed by atoms with Crippen molar-refractivity contribution in [1.82, 2.24) is 39.3 Å². The molecule has 74 heavy (non-hydrogen) atoms. The number of hydrogen-bond donors (Lipinski definition) is 2. The van der Waals surface area contributed by atoms with Crippen LogP contribution in [0.3, 0.4) is 0 Å². The maximum atomic E-state index is 13.5. The molecule has 0 spiro atoms. The van der Waals surface area contributed by atoms with Crippen molar-refractivity contribution in [2.45, 2.75) is 56.6 Å². The molecule has 4 aromatic heterocycles. The lowest BCUT2D eigenvalue weighted by molar-refractivity contribution is -0.138. The fourth-order valence-corrected chi connectivity index (χ4v) is 7.95. The van der Waals surface area contributed by atoms with E-state index >= 15 is 0 Å². The number of nitrogens with one attached hydrogen (secondary N) is 2. The van der Waals surface area contributed by atoms with E-state index in [4.69, 9.17) is 28.4 Å². The van der Waals surface area contributed by atoms with E-state index in [2.05, 4.69) is 30.8 Å². The van der Waals surface area contributed by atoms with Crippen molar-refractivity contribution in [3.63, 3.8) is 0 Å². The number of rotatable bonds is 15. The van der Waals surface area contributed by atoms with Gasteiger partial charge in [0.2, 0.25) is 35.8 Å². The topological polar surface area (TPSA) is 216 Å². The van der Waals surface area contributed by atoms with Gasteiger partial charge in [0.1, 0.15) is 39.0 Å². The van der Waals surface area contributed by atoms with Gasteiger partial charge in [0.25, 0.3) is 11.8 Å².